The Balaban J connectivity index is 2.31. The van der Waals surface area contributed by atoms with Crippen LogP contribution in [-0.2, 0) is 4.79 Å². The van der Waals surface area contributed by atoms with Gasteiger partial charge in [-0.3, -0.25) is 4.79 Å². The summed E-state index contributed by atoms with van der Waals surface area (Å²) in [6.07, 6.45) is 4.35. The van der Waals surface area contributed by atoms with Crippen LogP contribution in [0, 0.1) is 5.92 Å². The zero-order valence-electron chi connectivity index (χ0n) is 9.12. The fourth-order valence-electron chi connectivity index (χ4n) is 2.09. The second-order valence-electron chi connectivity index (χ2n) is 4.15. The van der Waals surface area contributed by atoms with Crippen LogP contribution in [0.1, 0.15) is 32.1 Å². The predicted octanol–water partition coefficient (Wildman–Crippen LogP) is 1.63. The number of carbonyl (C=O) groups excluding carboxylic acids is 1. The molecule has 0 radical (unpaired) electrons. The molecule has 0 aromatic heterocycles. The van der Waals surface area contributed by atoms with E-state index >= 15 is 0 Å². The van der Waals surface area contributed by atoms with E-state index in [0.717, 1.165) is 38.8 Å². The van der Waals surface area contributed by atoms with Crippen molar-refractivity contribution in [2.75, 3.05) is 25.6 Å². The number of hydrogen-bond donors (Lipinski definition) is 1. The minimum absolute atomic E-state index is 0.221. The summed E-state index contributed by atoms with van der Waals surface area (Å²) >= 11 is 5.56. The summed E-state index contributed by atoms with van der Waals surface area (Å²) in [6, 6.07) is 0. The number of aliphatic hydroxyl groups is 1. The molecule has 88 valence electrons. The fraction of sp³-hybridized carbons (Fsp3) is 0.909. The van der Waals surface area contributed by atoms with Gasteiger partial charge in [0.25, 0.3) is 0 Å². The van der Waals surface area contributed by atoms with E-state index in [1.807, 2.05) is 4.90 Å². The number of rotatable bonds is 5. The minimum atomic E-state index is 0.221. The molecule has 1 aliphatic heterocycles. The van der Waals surface area contributed by atoms with Crippen LogP contribution < -0.4 is 0 Å². The Bertz CT molecular complexity index is 197. The molecule has 1 atom stereocenters. The molecular formula is C11H20ClNO2. The maximum atomic E-state index is 11.7. The van der Waals surface area contributed by atoms with Gasteiger partial charge in [0.15, 0.2) is 0 Å². The fourth-order valence-corrected chi connectivity index (χ4v) is 2.22. The first-order chi connectivity index (χ1) is 7.27. The third-order valence-corrected chi connectivity index (χ3v) is 3.20. The van der Waals surface area contributed by atoms with Crippen molar-refractivity contribution in [3.05, 3.63) is 0 Å². The van der Waals surface area contributed by atoms with E-state index < -0.39 is 0 Å². The van der Waals surface area contributed by atoms with Gasteiger partial charge in [0.1, 0.15) is 0 Å². The summed E-state index contributed by atoms with van der Waals surface area (Å²) in [5, 5.41) is 8.86. The molecular weight excluding hydrogens is 214 g/mol. The summed E-state index contributed by atoms with van der Waals surface area (Å²) in [6.45, 7) is 1.93. The lowest BCUT2D eigenvalue weighted by Gasteiger charge is -2.32. The molecule has 1 N–H and O–H groups in total. The number of aliphatic hydroxyl groups excluding tert-OH is 1. The molecule has 3 nitrogen and oxygen atoms in total. The van der Waals surface area contributed by atoms with Crippen LogP contribution >= 0.6 is 11.6 Å². The van der Waals surface area contributed by atoms with Crippen LogP contribution in [-0.4, -0.2) is 41.5 Å². The van der Waals surface area contributed by atoms with Crippen molar-refractivity contribution in [1.82, 2.24) is 4.90 Å². The van der Waals surface area contributed by atoms with Crippen LogP contribution in [0.15, 0.2) is 0 Å². The third kappa shape index (κ3) is 4.39. The van der Waals surface area contributed by atoms with E-state index in [2.05, 4.69) is 0 Å². The van der Waals surface area contributed by atoms with Crippen molar-refractivity contribution < 1.29 is 9.90 Å². The van der Waals surface area contributed by atoms with Crippen LogP contribution in [0.25, 0.3) is 0 Å². The van der Waals surface area contributed by atoms with E-state index in [-0.39, 0.29) is 12.5 Å². The van der Waals surface area contributed by atoms with Crippen molar-refractivity contribution in [3.8, 4) is 0 Å². The van der Waals surface area contributed by atoms with Gasteiger partial charge in [-0.1, -0.05) is 0 Å². The third-order valence-electron chi connectivity index (χ3n) is 2.93. The molecule has 1 saturated heterocycles. The average molecular weight is 234 g/mol. The summed E-state index contributed by atoms with van der Waals surface area (Å²) in [5.41, 5.74) is 0. The highest BCUT2D eigenvalue weighted by atomic mass is 35.5. The molecule has 1 rings (SSSR count). The molecule has 1 heterocycles. The van der Waals surface area contributed by atoms with Gasteiger partial charge in [-0.05, 0) is 31.6 Å². The zero-order chi connectivity index (χ0) is 11.1. The molecule has 15 heavy (non-hydrogen) atoms. The number of halogens is 1. The summed E-state index contributed by atoms with van der Waals surface area (Å²) < 4.78 is 0. The SMILES string of the molecule is O=C(CCCCl)N1CCCC(CCO)C1. The van der Waals surface area contributed by atoms with Crippen LogP contribution in [0.2, 0.25) is 0 Å². The molecule has 1 fully saturated rings. The second kappa shape index (κ2) is 7.07. The normalized spacial score (nSPS) is 21.7. The highest BCUT2D eigenvalue weighted by Crippen LogP contribution is 2.20. The largest absolute Gasteiger partial charge is 0.396 e. The van der Waals surface area contributed by atoms with Crippen LogP contribution in [0.3, 0.4) is 0 Å². The molecule has 1 amide bonds. The Kier molecular flexibility index (Phi) is 6.03. The average Bonchev–Trinajstić information content (AvgIpc) is 2.27. The standard InChI is InChI=1S/C11H20ClNO2/c12-6-1-4-11(15)13-7-2-3-10(9-13)5-8-14/h10,14H,1-9H2. The van der Waals surface area contributed by atoms with Gasteiger partial charge in [-0.15, -0.1) is 11.6 Å². The monoisotopic (exact) mass is 233 g/mol. The van der Waals surface area contributed by atoms with Crippen molar-refractivity contribution in [3.63, 3.8) is 0 Å². The van der Waals surface area contributed by atoms with Gasteiger partial charge >= 0.3 is 0 Å². The molecule has 0 saturated carbocycles. The second-order valence-corrected chi connectivity index (χ2v) is 4.53. The Hall–Kier alpha value is -0.280. The Morgan fingerprint density at radius 3 is 3.00 bits per heavy atom. The molecule has 0 aliphatic carbocycles. The van der Waals surface area contributed by atoms with E-state index in [9.17, 15) is 4.79 Å². The number of nitrogens with zero attached hydrogens (tertiary/aromatic N) is 1. The molecule has 0 bridgehead atoms. The minimum Gasteiger partial charge on any atom is -0.396 e. The van der Waals surface area contributed by atoms with Gasteiger partial charge in [-0.2, -0.15) is 0 Å². The van der Waals surface area contributed by atoms with E-state index in [0.29, 0.717) is 18.2 Å². The van der Waals surface area contributed by atoms with Gasteiger partial charge < -0.3 is 10.0 Å². The van der Waals surface area contributed by atoms with Crippen molar-refractivity contribution >= 4 is 17.5 Å². The van der Waals surface area contributed by atoms with E-state index in [1.165, 1.54) is 0 Å². The lowest BCUT2D eigenvalue weighted by Crippen LogP contribution is -2.40. The smallest absolute Gasteiger partial charge is 0.222 e. The number of alkyl halides is 1. The van der Waals surface area contributed by atoms with Gasteiger partial charge in [0.2, 0.25) is 5.91 Å². The molecule has 4 heteroatoms. The summed E-state index contributed by atoms with van der Waals surface area (Å²) in [7, 11) is 0. The Labute approximate surface area is 96.4 Å². The van der Waals surface area contributed by atoms with Gasteiger partial charge in [0, 0.05) is 32.0 Å². The number of piperidine rings is 1. The Morgan fingerprint density at radius 2 is 2.33 bits per heavy atom. The first-order valence-corrected chi connectivity index (χ1v) is 6.26. The lowest BCUT2D eigenvalue weighted by molar-refractivity contribution is -0.133. The maximum absolute atomic E-state index is 11.7. The van der Waals surface area contributed by atoms with E-state index in [1.54, 1.807) is 0 Å². The quantitative estimate of drug-likeness (QED) is 0.734. The highest BCUT2D eigenvalue weighted by Gasteiger charge is 2.22. The van der Waals surface area contributed by atoms with Crippen molar-refractivity contribution in [2.24, 2.45) is 5.92 Å². The molecule has 0 spiro atoms. The predicted molar refractivity (Wildman–Crippen MR) is 61.0 cm³/mol. The van der Waals surface area contributed by atoms with Gasteiger partial charge in [0.05, 0.1) is 0 Å². The molecule has 0 aromatic rings. The van der Waals surface area contributed by atoms with Gasteiger partial charge in [-0.25, -0.2) is 0 Å². The number of carbonyl (C=O) groups is 1. The molecule has 0 aromatic carbocycles. The molecule has 1 aliphatic rings. The summed E-state index contributed by atoms with van der Waals surface area (Å²) in [4.78, 5) is 13.6. The molecule has 1 unspecified atom stereocenters. The van der Waals surface area contributed by atoms with Crippen molar-refractivity contribution in [1.29, 1.82) is 0 Å². The number of likely N-dealkylation sites (tertiary alicyclic amines) is 1. The lowest BCUT2D eigenvalue weighted by atomic mass is 9.95. The first-order valence-electron chi connectivity index (χ1n) is 5.72. The van der Waals surface area contributed by atoms with Crippen LogP contribution in [0.5, 0.6) is 0 Å². The van der Waals surface area contributed by atoms with Crippen LogP contribution in [0.4, 0.5) is 0 Å². The number of amides is 1. The summed E-state index contributed by atoms with van der Waals surface area (Å²) in [5.74, 6) is 1.27. The van der Waals surface area contributed by atoms with E-state index in [4.69, 9.17) is 16.7 Å². The first kappa shape index (κ1) is 12.8. The Morgan fingerprint density at radius 1 is 1.53 bits per heavy atom. The highest BCUT2D eigenvalue weighted by molar-refractivity contribution is 6.17. The topological polar surface area (TPSA) is 40.5 Å². The van der Waals surface area contributed by atoms with Crippen molar-refractivity contribution in [2.45, 2.75) is 32.1 Å². The zero-order valence-corrected chi connectivity index (χ0v) is 9.88. The maximum Gasteiger partial charge on any atom is 0.222 e. The number of hydrogen-bond acceptors (Lipinski definition) is 2.